The minimum absolute atomic E-state index is 0.170. The van der Waals surface area contributed by atoms with E-state index in [9.17, 15) is 18.0 Å². The maximum atomic E-state index is 12.4. The highest BCUT2D eigenvalue weighted by molar-refractivity contribution is 6.30. The lowest BCUT2D eigenvalue weighted by molar-refractivity contribution is -0.141. The quantitative estimate of drug-likeness (QED) is 0.593. The number of alkyl halides is 3. The van der Waals surface area contributed by atoms with Crippen molar-refractivity contribution in [1.82, 2.24) is 14.6 Å². The Morgan fingerprint density at radius 2 is 2.11 bits per heavy atom. The summed E-state index contributed by atoms with van der Waals surface area (Å²) in [6.45, 7) is 0. The van der Waals surface area contributed by atoms with Gasteiger partial charge in [-0.2, -0.15) is 18.3 Å². The van der Waals surface area contributed by atoms with E-state index in [1.807, 2.05) is 0 Å². The number of hydrogen-bond donors (Lipinski definition) is 0. The van der Waals surface area contributed by atoms with Crippen LogP contribution >= 0.6 is 11.6 Å². The van der Waals surface area contributed by atoms with Crippen molar-refractivity contribution in [3.8, 4) is 0 Å². The predicted molar refractivity (Wildman–Crippen MR) is 54.3 cm³/mol. The van der Waals surface area contributed by atoms with Crippen LogP contribution in [-0.2, 0) is 10.9 Å². The summed E-state index contributed by atoms with van der Waals surface area (Å²) in [6, 6.07) is 1.77. The first-order valence-electron chi connectivity index (χ1n) is 4.55. The minimum Gasteiger partial charge on any atom is -0.464 e. The molecule has 0 spiro atoms. The molecule has 9 heteroatoms. The second-order valence-electron chi connectivity index (χ2n) is 3.25. The maximum absolute atomic E-state index is 12.4. The average molecular weight is 280 g/mol. The third kappa shape index (κ3) is 2.10. The van der Waals surface area contributed by atoms with E-state index >= 15 is 0 Å². The molecule has 5 nitrogen and oxygen atoms in total. The molecule has 0 bridgehead atoms. The molecule has 0 radical (unpaired) electrons. The average Bonchev–Trinajstić information content (AvgIpc) is 2.72. The van der Waals surface area contributed by atoms with Crippen LogP contribution in [0.4, 0.5) is 13.2 Å². The molecule has 2 rings (SSSR count). The van der Waals surface area contributed by atoms with Gasteiger partial charge >= 0.3 is 12.1 Å². The van der Waals surface area contributed by atoms with E-state index in [1.165, 1.54) is 0 Å². The second-order valence-corrected chi connectivity index (χ2v) is 3.64. The second kappa shape index (κ2) is 4.13. The molecule has 2 heterocycles. The van der Waals surface area contributed by atoms with E-state index in [1.54, 1.807) is 0 Å². The predicted octanol–water partition coefficient (Wildman–Crippen LogP) is 2.19. The van der Waals surface area contributed by atoms with Gasteiger partial charge in [0.1, 0.15) is 5.15 Å². The van der Waals surface area contributed by atoms with Crippen LogP contribution in [0.3, 0.4) is 0 Å². The molecule has 2 aromatic heterocycles. The summed E-state index contributed by atoms with van der Waals surface area (Å²) < 4.78 is 42.5. The highest BCUT2D eigenvalue weighted by Gasteiger charge is 2.34. The molecule has 96 valence electrons. The number of halogens is 4. The van der Waals surface area contributed by atoms with Crippen molar-refractivity contribution in [2.24, 2.45) is 0 Å². The lowest BCUT2D eigenvalue weighted by Crippen LogP contribution is -2.07. The molecule has 0 saturated heterocycles. The van der Waals surface area contributed by atoms with Gasteiger partial charge in [0.2, 0.25) is 0 Å². The van der Waals surface area contributed by atoms with E-state index in [0.29, 0.717) is 6.07 Å². The molecular formula is C9H5ClF3N3O2. The molecule has 0 aliphatic carbocycles. The smallest absolute Gasteiger partial charge is 0.435 e. The Morgan fingerprint density at radius 1 is 1.44 bits per heavy atom. The molecule has 0 aromatic carbocycles. The molecule has 0 amide bonds. The molecule has 0 saturated carbocycles. The summed E-state index contributed by atoms with van der Waals surface area (Å²) in [7, 11) is 1.12. The van der Waals surface area contributed by atoms with Crippen LogP contribution in [-0.4, -0.2) is 27.7 Å². The van der Waals surface area contributed by atoms with Crippen LogP contribution in [0, 0.1) is 0 Å². The summed E-state index contributed by atoms with van der Waals surface area (Å²) in [6.07, 6.45) is -4.61. The number of ether oxygens (including phenoxy) is 1. The standard InChI is InChI=1S/C9H5ClF3N3O2/c1-18-8(17)4-2-6(10)16-7(14-4)3-5(15-16)9(11,12)13/h2-3H,1H3. The minimum atomic E-state index is -4.61. The molecule has 0 fully saturated rings. The Bertz CT molecular complexity index is 623. The first-order valence-corrected chi connectivity index (χ1v) is 4.92. The topological polar surface area (TPSA) is 56.5 Å². The molecule has 0 aliphatic rings. The van der Waals surface area contributed by atoms with Crippen molar-refractivity contribution in [2.45, 2.75) is 6.18 Å². The summed E-state index contributed by atoms with van der Waals surface area (Å²) >= 11 is 5.71. The lowest BCUT2D eigenvalue weighted by Gasteiger charge is -2.01. The number of nitrogens with zero attached hydrogens (tertiary/aromatic N) is 3. The van der Waals surface area contributed by atoms with E-state index < -0.39 is 17.8 Å². The Morgan fingerprint density at radius 3 is 2.67 bits per heavy atom. The fourth-order valence-electron chi connectivity index (χ4n) is 1.29. The normalized spacial score (nSPS) is 11.8. The van der Waals surface area contributed by atoms with Crippen LogP contribution in [0.2, 0.25) is 5.15 Å². The number of carbonyl (C=O) groups is 1. The van der Waals surface area contributed by atoms with Gasteiger partial charge in [-0.25, -0.2) is 14.3 Å². The van der Waals surface area contributed by atoms with Gasteiger partial charge in [0.05, 0.1) is 7.11 Å². The van der Waals surface area contributed by atoms with Crippen LogP contribution in [0.15, 0.2) is 12.1 Å². The van der Waals surface area contributed by atoms with Crippen molar-refractivity contribution in [2.75, 3.05) is 7.11 Å². The molecular weight excluding hydrogens is 275 g/mol. The Hall–Kier alpha value is -1.83. The number of rotatable bonds is 1. The summed E-state index contributed by atoms with van der Waals surface area (Å²) in [5.41, 5.74) is -1.52. The maximum Gasteiger partial charge on any atom is 0.435 e. The SMILES string of the molecule is COC(=O)c1cc(Cl)n2nc(C(F)(F)F)cc2n1. The molecule has 18 heavy (non-hydrogen) atoms. The van der Waals surface area contributed by atoms with Crippen LogP contribution < -0.4 is 0 Å². The van der Waals surface area contributed by atoms with E-state index in [2.05, 4.69) is 14.8 Å². The highest BCUT2D eigenvalue weighted by Crippen LogP contribution is 2.29. The van der Waals surface area contributed by atoms with Crippen LogP contribution in [0.1, 0.15) is 16.2 Å². The molecule has 0 unspecified atom stereocenters. The summed E-state index contributed by atoms with van der Waals surface area (Å²) in [5, 5.41) is 3.08. The van der Waals surface area contributed by atoms with E-state index in [0.717, 1.165) is 17.7 Å². The van der Waals surface area contributed by atoms with Gasteiger partial charge in [0, 0.05) is 12.1 Å². The largest absolute Gasteiger partial charge is 0.464 e. The van der Waals surface area contributed by atoms with Crippen molar-refractivity contribution < 1.29 is 22.7 Å². The Kier molecular flexibility index (Phi) is 2.89. The number of esters is 1. The molecule has 0 atom stereocenters. The van der Waals surface area contributed by atoms with Crippen molar-refractivity contribution in [3.63, 3.8) is 0 Å². The fraction of sp³-hybridized carbons (Fsp3) is 0.222. The highest BCUT2D eigenvalue weighted by atomic mass is 35.5. The monoisotopic (exact) mass is 279 g/mol. The number of hydrogen-bond acceptors (Lipinski definition) is 4. The van der Waals surface area contributed by atoms with Crippen LogP contribution in [0.5, 0.6) is 0 Å². The van der Waals surface area contributed by atoms with Crippen molar-refractivity contribution in [1.29, 1.82) is 0 Å². The third-order valence-corrected chi connectivity index (χ3v) is 2.34. The first kappa shape index (κ1) is 12.6. The Balaban J connectivity index is 2.63. The van der Waals surface area contributed by atoms with E-state index in [4.69, 9.17) is 11.6 Å². The molecule has 0 aliphatic heterocycles. The summed E-state index contributed by atoms with van der Waals surface area (Å²) in [5.74, 6) is -0.797. The third-order valence-electron chi connectivity index (χ3n) is 2.07. The van der Waals surface area contributed by atoms with Gasteiger partial charge in [-0.1, -0.05) is 11.6 Å². The van der Waals surface area contributed by atoms with Crippen molar-refractivity contribution >= 4 is 23.2 Å². The van der Waals surface area contributed by atoms with Gasteiger partial charge in [0.15, 0.2) is 17.0 Å². The zero-order valence-corrected chi connectivity index (χ0v) is 9.58. The number of aromatic nitrogens is 3. The summed E-state index contributed by atoms with van der Waals surface area (Å²) in [4.78, 5) is 14.9. The van der Waals surface area contributed by atoms with Gasteiger partial charge in [-0.15, -0.1) is 0 Å². The Labute approximate surface area is 103 Å². The lowest BCUT2D eigenvalue weighted by atomic mass is 10.4. The number of fused-ring (bicyclic) bond motifs is 1. The zero-order valence-electron chi connectivity index (χ0n) is 8.82. The zero-order chi connectivity index (χ0) is 13.5. The van der Waals surface area contributed by atoms with Gasteiger partial charge in [-0.3, -0.25) is 0 Å². The van der Waals surface area contributed by atoms with Gasteiger partial charge in [0.25, 0.3) is 0 Å². The fourth-order valence-corrected chi connectivity index (χ4v) is 1.51. The molecule has 0 N–H and O–H groups in total. The van der Waals surface area contributed by atoms with E-state index in [-0.39, 0.29) is 16.5 Å². The molecule has 2 aromatic rings. The van der Waals surface area contributed by atoms with Crippen LogP contribution in [0.25, 0.3) is 5.65 Å². The van der Waals surface area contributed by atoms with Gasteiger partial charge in [-0.05, 0) is 0 Å². The van der Waals surface area contributed by atoms with Gasteiger partial charge < -0.3 is 4.74 Å². The number of carbonyl (C=O) groups excluding carboxylic acids is 1. The first-order chi connectivity index (χ1) is 8.32. The number of methoxy groups -OCH3 is 1. The van der Waals surface area contributed by atoms with Crippen molar-refractivity contribution in [3.05, 3.63) is 28.7 Å².